The Hall–Kier alpha value is -1.15. The molecule has 1 aromatic carbocycles. The van der Waals surface area contributed by atoms with Gasteiger partial charge in [-0.25, -0.2) is 4.39 Å². The summed E-state index contributed by atoms with van der Waals surface area (Å²) in [5, 5.41) is 11.7. The molecule has 0 amide bonds. The van der Waals surface area contributed by atoms with E-state index in [4.69, 9.17) is 10.00 Å². The second-order valence-corrected chi connectivity index (χ2v) is 3.50. The van der Waals surface area contributed by atoms with Crippen molar-refractivity contribution in [1.29, 1.82) is 5.26 Å². The van der Waals surface area contributed by atoms with E-state index >= 15 is 0 Å². The van der Waals surface area contributed by atoms with Crippen molar-refractivity contribution in [2.24, 2.45) is 0 Å². The van der Waals surface area contributed by atoms with E-state index in [0.717, 1.165) is 5.56 Å². The molecule has 1 aromatic rings. The van der Waals surface area contributed by atoms with Crippen LogP contribution in [0.25, 0.3) is 0 Å². The number of ether oxygens (including phenoxy) is 1. The van der Waals surface area contributed by atoms with Gasteiger partial charge in [-0.2, -0.15) is 5.26 Å². The molecule has 1 aliphatic rings. The maximum atomic E-state index is 13.7. The zero-order valence-corrected chi connectivity index (χ0v) is 9.60. The normalized spacial score (nSPS) is 18.2. The third-order valence-electron chi connectivity index (χ3n) is 2.58. The molecule has 1 aliphatic heterocycles. The van der Waals surface area contributed by atoms with E-state index in [1.807, 2.05) is 6.07 Å². The zero-order valence-electron chi connectivity index (χ0n) is 8.79. The number of halogens is 2. The molecular formula is C11H12ClFN2O. The van der Waals surface area contributed by atoms with Crippen molar-refractivity contribution in [3.8, 4) is 6.07 Å². The van der Waals surface area contributed by atoms with Gasteiger partial charge in [0.15, 0.2) is 0 Å². The molecule has 0 fully saturated rings. The smallest absolute Gasteiger partial charge is 0.129 e. The van der Waals surface area contributed by atoms with Crippen LogP contribution in [-0.4, -0.2) is 13.7 Å². The Morgan fingerprint density at radius 1 is 1.56 bits per heavy atom. The van der Waals surface area contributed by atoms with E-state index in [9.17, 15) is 4.39 Å². The van der Waals surface area contributed by atoms with Crippen LogP contribution in [0.4, 0.5) is 4.39 Å². The molecule has 0 bridgehead atoms. The van der Waals surface area contributed by atoms with E-state index < -0.39 is 0 Å². The lowest BCUT2D eigenvalue weighted by Crippen LogP contribution is -2.28. The van der Waals surface area contributed by atoms with Crippen LogP contribution in [0.1, 0.15) is 22.7 Å². The van der Waals surface area contributed by atoms with Gasteiger partial charge in [-0.3, -0.25) is 0 Å². The van der Waals surface area contributed by atoms with Crippen molar-refractivity contribution in [2.75, 3.05) is 13.7 Å². The third kappa shape index (κ3) is 2.17. The average molecular weight is 243 g/mol. The summed E-state index contributed by atoms with van der Waals surface area (Å²) in [4.78, 5) is 0. The summed E-state index contributed by atoms with van der Waals surface area (Å²) >= 11 is 0. The number of hydrogen-bond donors (Lipinski definition) is 1. The number of nitrogens with zero attached hydrogens (tertiary/aromatic N) is 1. The number of nitrogens with one attached hydrogen (secondary N) is 1. The predicted molar refractivity (Wildman–Crippen MR) is 59.8 cm³/mol. The molecule has 0 saturated heterocycles. The molecule has 0 saturated carbocycles. The van der Waals surface area contributed by atoms with Gasteiger partial charge in [-0.1, -0.05) is 0 Å². The Morgan fingerprint density at radius 2 is 2.31 bits per heavy atom. The Balaban J connectivity index is 0.00000128. The summed E-state index contributed by atoms with van der Waals surface area (Å²) in [6.07, 6.45) is 0. The van der Waals surface area contributed by atoms with Crippen LogP contribution in [-0.2, 0) is 11.3 Å². The van der Waals surface area contributed by atoms with Gasteiger partial charge in [0.25, 0.3) is 0 Å². The quantitative estimate of drug-likeness (QED) is 0.818. The Morgan fingerprint density at radius 3 is 2.94 bits per heavy atom. The molecule has 16 heavy (non-hydrogen) atoms. The van der Waals surface area contributed by atoms with Crippen LogP contribution in [0, 0.1) is 17.1 Å². The average Bonchev–Trinajstić information content (AvgIpc) is 2.27. The topological polar surface area (TPSA) is 45.0 Å². The summed E-state index contributed by atoms with van der Waals surface area (Å²) < 4.78 is 19.0. The van der Waals surface area contributed by atoms with Crippen LogP contribution in [0.15, 0.2) is 12.1 Å². The molecule has 2 rings (SSSR count). The molecule has 0 aliphatic carbocycles. The van der Waals surface area contributed by atoms with Crippen LogP contribution in [0.3, 0.4) is 0 Å². The molecule has 0 aromatic heterocycles. The van der Waals surface area contributed by atoms with Crippen molar-refractivity contribution in [3.63, 3.8) is 0 Å². The van der Waals surface area contributed by atoms with Gasteiger partial charge in [0.05, 0.1) is 30.9 Å². The molecule has 0 spiro atoms. The van der Waals surface area contributed by atoms with Crippen LogP contribution in [0.2, 0.25) is 0 Å². The standard InChI is InChI=1S/C11H11FN2O.ClH/c1-14-10-6-15-5-8-2-7(4-13)3-9(12)11(8)10;/h2-3,10,14H,5-6H2,1H3;1H/t10-;/m1./s1. The second kappa shape index (κ2) is 5.26. The fraction of sp³-hybridized carbons (Fsp3) is 0.364. The van der Waals surface area contributed by atoms with Gasteiger partial charge in [0.2, 0.25) is 0 Å². The van der Waals surface area contributed by atoms with Crippen LogP contribution < -0.4 is 5.32 Å². The molecule has 1 heterocycles. The number of fused-ring (bicyclic) bond motifs is 1. The molecule has 1 N–H and O–H groups in total. The van der Waals surface area contributed by atoms with Crippen LogP contribution >= 0.6 is 12.4 Å². The van der Waals surface area contributed by atoms with Gasteiger partial charge in [-0.15, -0.1) is 12.4 Å². The minimum absolute atomic E-state index is 0. The highest BCUT2D eigenvalue weighted by atomic mass is 35.5. The molecule has 5 heteroatoms. The fourth-order valence-electron chi connectivity index (χ4n) is 1.85. The lowest BCUT2D eigenvalue weighted by atomic mass is 9.96. The van der Waals surface area contributed by atoms with Gasteiger partial charge in [0, 0.05) is 5.56 Å². The summed E-state index contributed by atoms with van der Waals surface area (Å²) in [5.41, 5.74) is 1.73. The van der Waals surface area contributed by atoms with E-state index in [0.29, 0.717) is 24.3 Å². The SMILES string of the molecule is CN[C@@H]1COCc2cc(C#N)cc(F)c21.Cl. The van der Waals surface area contributed by atoms with E-state index in [2.05, 4.69) is 5.32 Å². The first kappa shape index (κ1) is 12.9. The predicted octanol–water partition coefficient (Wildman–Crippen LogP) is 1.91. The highest BCUT2D eigenvalue weighted by Gasteiger charge is 2.23. The number of likely N-dealkylation sites (N-methyl/N-ethyl adjacent to an activating group) is 1. The maximum absolute atomic E-state index is 13.7. The first-order valence-corrected chi connectivity index (χ1v) is 4.73. The highest BCUT2D eigenvalue weighted by molar-refractivity contribution is 5.85. The van der Waals surface area contributed by atoms with Crippen molar-refractivity contribution in [3.05, 3.63) is 34.6 Å². The molecule has 3 nitrogen and oxygen atoms in total. The lowest BCUT2D eigenvalue weighted by molar-refractivity contribution is 0.0825. The molecule has 0 radical (unpaired) electrons. The number of hydrogen-bond acceptors (Lipinski definition) is 3. The summed E-state index contributed by atoms with van der Waals surface area (Å²) in [5.74, 6) is -0.327. The van der Waals surface area contributed by atoms with E-state index in [1.54, 1.807) is 13.1 Å². The van der Waals surface area contributed by atoms with Crippen LogP contribution in [0.5, 0.6) is 0 Å². The minimum atomic E-state index is -0.327. The number of nitriles is 1. The molecular weight excluding hydrogens is 231 g/mol. The maximum Gasteiger partial charge on any atom is 0.129 e. The molecule has 1 atom stereocenters. The Kier molecular flexibility index (Phi) is 4.25. The molecule has 0 unspecified atom stereocenters. The fourth-order valence-corrected chi connectivity index (χ4v) is 1.85. The van der Waals surface area contributed by atoms with Gasteiger partial charge >= 0.3 is 0 Å². The van der Waals surface area contributed by atoms with Gasteiger partial charge in [0.1, 0.15) is 5.82 Å². The number of rotatable bonds is 1. The monoisotopic (exact) mass is 242 g/mol. The zero-order chi connectivity index (χ0) is 10.8. The first-order valence-electron chi connectivity index (χ1n) is 4.73. The Labute approximate surface area is 99.6 Å². The van der Waals surface area contributed by atoms with E-state index in [1.165, 1.54) is 6.07 Å². The highest BCUT2D eigenvalue weighted by Crippen LogP contribution is 2.28. The number of benzene rings is 1. The lowest BCUT2D eigenvalue weighted by Gasteiger charge is -2.25. The summed E-state index contributed by atoms with van der Waals surface area (Å²) in [6, 6.07) is 4.77. The van der Waals surface area contributed by atoms with E-state index in [-0.39, 0.29) is 24.3 Å². The summed E-state index contributed by atoms with van der Waals surface area (Å²) in [7, 11) is 1.76. The third-order valence-corrected chi connectivity index (χ3v) is 2.58. The van der Waals surface area contributed by atoms with Gasteiger partial charge in [-0.05, 0) is 24.7 Å². The second-order valence-electron chi connectivity index (χ2n) is 3.50. The molecule has 86 valence electrons. The van der Waals surface area contributed by atoms with Crippen molar-refractivity contribution in [2.45, 2.75) is 12.6 Å². The van der Waals surface area contributed by atoms with Crippen molar-refractivity contribution >= 4 is 12.4 Å². The summed E-state index contributed by atoms with van der Waals surface area (Å²) in [6.45, 7) is 0.840. The van der Waals surface area contributed by atoms with Crippen molar-refractivity contribution in [1.82, 2.24) is 5.32 Å². The van der Waals surface area contributed by atoms with Crippen molar-refractivity contribution < 1.29 is 9.13 Å². The van der Waals surface area contributed by atoms with Gasteiger partial charge < -0.3 is 10.1 Å². The minimum Gasteiger partial charge on any atom is -0.375 e. The Bertz CT molecular complexity index is 431. The first-order chi connectivity index (χ1) is 7.26. The largest absolute Gasteiger partial charge is 0.375 e.